The predicted molar refractivity (Wildman–Crippen MR) is 77.8 cm³/mol. The van der Waals surface area contributed by atoms with Gasteiger partial charge in [0.1, 0.15) is 0 Å². The average Bonchev–Trinajstić information content (AvgIpc) is 2.90. The van der Waals surface area contributed by atoms with E-state index in [-0.39, 0.29) is 5.16 Å². The SMILES string of the molecule is CCn1c(-c2cccc3ncccc23)nnc1S(N)(=O)=O. The minimum absolute atomic E-state index is 0.235. The van der Waals surface area contributed by atoms with Gasteiger partial charge in [0, 0.05) is 23.7 Å². The molecular weight excluding hydrogens is 290 g/mol. The number of hydrogen-bond acceptors (Lipinski definition) is 5. The van der Waals surface area contributed by atoms with Crippen molar-refractivity contribution in [3.05, 3.63) is 36.5 Å². The molecule has 2 N–H and O–H groups in total. The Labute approximate surface area is 121 Å². The topological polar surface area (TPSA) is 104 Å². The third-order valence-electron chi connectivity index (χ3n) is 3.17. The Morgan fingerprint density at radius 1 is 1.19 bits per heavy atom. The average molecular weight is 303 g/mol. The van der Waals surface area contributed by atoms with E-state index in [4.69, 9.17) is 5.14 Å². The molecule has 7 nitrogen and oxygen atoms in total. The van der Waals surface area contributed by atoms with Crippen LogP contribution in [0.1, 0.15) is 6.92 Å². The van der Waals surface area contributed by atoms with Crippen LogP contribution in [0.2, 0.25) is 0 Å². The highest BCUT2D eigenvalue weighted by Crippen LogP contribution is 2.27. The second-order valence-electron chi connectivity index (χ2n) is 4.47. The summed E-state index contributed by atoms with van der Waals surface area (Å²) in [6.45, 7) is 2.20. The molecule has 21 heavy (non-hydrogen) atoms. The number of hydrogen-bond donors (Lipinski definition) is 1. The zero-order valence-corrected chi connectivity index (χ0v) is 12.1. The molecule has 3 rings (SSSR count). The van der Waals surface area contributed by atoms with Crippen molar-refractivity contribution in [1.82, 2.24) is 19.7 Å². The van der Waals surface area contributed by atoms with Gasteiger partial charge < -0.3 is 0 Å². The summed E-state index contributed by atoms with van der Waals surface area (Å²) >= 11 is 0. The molecule has 0 saturated heterocycles. The summed E-state index contributed by atoms with van der Waals surface area (Å²) in [5.74, 6) is 0.458. The van der Waals surface area contributed by atoms with E-state index in [1.165, 1.54) is 4.57 Å². The summed E-state index contributed by atoms with van der Waals surface area (Å²) in [6, 6.07) is 9.30. The molecule has 0 radical (unpaired) electrons. The van der Waals surface area contributed by atoms with E-state index in [2.05, 4.69) is 15.2 Å². The van der Waals surface area contributed by atoms with Crippen LogP contribution in [0, 0.1) is 0 Å². The molecule has 108 valence electrons. The molecule has 0 unspecified atom stereocenters. The van der Waals surface area contributed by atoms with Crippen molar-refractivity contribution in [2.45, 2.75) is 18.6 Å². The summed E-state index contributed by atoms with van der Waals surface area (Å²) in [7, 11) is -3.91. The molecule has 0 atom stereocenters. The lowest BCUT2D eigenvalue weighted by Gasteiger charge is -2.08. The summed E-state index contributed by atoms with van der Waals surface area (Å²) in [6.07, 6.45) is 1.70. The summed E-state index contributed by atoms with van der Waals surface area (Å²) < 4.78 is 24.6. The number of nitrogens with two attached hydrogens (primary N) is 1. The minimum Gasteiger partial charge on any atom is -0.297 e. The molecule has 8 heteroatoms. The Kier molecular flexibility index (Phi) is 3.19. The molecule has 0 aliphatic heterocycles. The van der Waals surface area contributed by atoms with Crippen LogP contribution in [0.4, 0.5) is 0 Å². The number of benzene rings is 1. The number of pyridine rings is 1. The number of sulfonamides is 1. The third kappa shape index (κ3) is 2.28. The lowest BCUT2D eigenvalue weighted by atomic mass is 10.1. The molecule has 3 aromatic rings. The molecule has 2 aromatic heterocycles. The van der Waals surface area contributed by atoms with Crippen molar-refractivity contribution in [2.75, 3.05) is 0 Å². The van der Waals surface area contributed by atoms with Crippen LogP contribution in [0.5, 0.6) is 0 Å². The minimum atomic E-state index is -3.91. The van der Waals surface area contributed by atoms with Crippen LogP contribution in [0.15, 0.2) is 41.7 Å². The molecule has 0 aliphatic carbocycles. The monoisotopic (exact) mass is 303 g/mol. The van der Waals surface area contributed by atoms with Crippen LogP contribution in [0.25, 0.3) is 22.3 Å². The largest absolute Gasteiger partial charge is 0.297 e. The highest BCUT2D eigenvalue weighted by atomic mass is 32.2. The molecule has 1 aromatic carbocycles. The number of primary sulfonamides is 1. The van der Waals surface area contributed by atoms with Crippen molar-refractivity contribution < 1.29 is 8.42 Å². The Morgan fingerprint density at radius 2 is 2.00 bits per heavy atom. The molecule has 0 aliphatic rings. The quantitative estimate of drug-likeness (QED) is 0.782. The predicted octanol–water partition coefficient (Wildman–Crippen LogP) is 1.16. The molecule has 2 heterocycles. The number of nitrogens with zero attached hydrogens (tertiary/aromatic N) is 4. The zero-order chi connectivity index (χ0) is 15.0. The zero-order valence-electron chi connectivity index (χ0n) is 11.3. The first-order valence-electron chi connectivity index (χ1n) is 6.32. The van der Waals surface area contributed by atoms with Crippen molar-refractivity contribution in [1.29, 1.82) is 0 Å². The smallest absolute Gasteiger partial charge is 0.273 e. The lowest BCUT2D eigenvalue weighted by molar-refractivity contribution is 0.571. The van der Waals surface area contributed by atoms with Crippen LogP contribution >= 0.6 is 0 Å². The van der Waals surface area contributed by atoms with Crippen molar-refractivity contribution >= 4 is 20.9 Å². The van der Waals surface area contributed by atoms with Crippen LogP contribution in [-0.2, 0) is 16.6 Å². The van der Waals surface area contributed by atoms with E-state index >= 15 is 0 Å². The highest BCUT2D eigenvalue weighted by Gasteiger charge is 2.21. The van der Waals surface area contributed by atoms with E-state index in [0.717, 1.165) is 16.5 Å². The Balaban J connectivity index is 2.32. The maximum absolute atomic E-state index is 11.6. The summed E-state index contributed by atoms with van der Waals surface area (Å²) in [5.41, 5.74) is 1.57. The van der Waals surface area contributed by atoms with Gasteiger partial charge in [-0.1, -0.05) is 18.2 Å². The fraction of sp³-hybridized carbons (Fsp3) is 0.154. The van der Waals surface area contributed by atoms with E-state index in [9.17, 15) is 8.42 Å². The third-order valence-corrected chi connectivity index (χ3v) is 3.99. The van der Waals surface area contributed by atoms with E-state index < -0.39 is 10.0 Å². The molecule has 0 fully saturated rings. The van der Waals surface area contributed by atoms with Crippen molar-refractivity contribution in [3.8, 4) is 11.4 Å². The second kappa shape index (κ2) is 4.90. The van der Waals surface area contributed by atoms with Crippen molar-refractivity contribution in [3.63, 3.8) is 0 Å². The number of fused-ring (bicyclic) bond motifs is 1. The molecule has 0 amide bonds. The van der Waals surface area contributed by atoms with Gasteiger partial charge in [-0.15, -0.1) is 10.2 Å². The van der Waals surface area contributed by atoms with Gasteiger partial charge in [0.2, 0.25) is 0 Å². The molecule has 0 spiro atoms. The van der Waals surface area contributed by atoms with Gasteiger partial charge in [-0.3, -0.25) is 9.55 Å². The fourth-order valence-corrected chi connectivity index (χ4v) is 2.96. The standard InChI is InChI=1S/C13H13N5O2S/c1-2-18-12(16-17-13(18)21(14,19)20)10-5-3-7-11-9(10)6-4-8-15-11/h3-8H,2H2,1H3,(H2,14,19,20). The Morgan fingerprint density at radius 3 is 2.71 bits per heavy atom. The van der Waals surface area contributed by atoms with Gasteiger partial charge >= 0.3 is 0 Å². The van der Waals surface area contributed by atoms with Gasteiger partial charge in [-0.05, 0) is 19.1 Å². The lowest BCUT2D eigenvalue weighted by Crippen LogP contribution is -2.18. The van der Waals surface area contributed by atoms with Crippen LogP contribution in [-0.4, -0.2) is 28.2 Å². The normalized spacial score (nSPS) is 11.9. The summed E-state index contributed by atoms with van der Waals surface area (Å²) in [4.78, 5) is 4.28. The van der Waals surface area contributed by atoms with Gasteiger partial charge in [-0.2, -0.15) is 0 Å². The van der Waals surface area contributed by atoms with Gasteiger partial charge in [0.05, 0.1) is 5.52 Å². The maximum Gasteiger partial charge on any atom is 0.273 e. The summed E-state index contributed by atoms with van der Waals surface area (Å²) in [5, 5.41) is 13.5. The van der Waals surface area contributed by atoms with E-state index in [1.54, 1.807) is 6.20 Å². The Hall–Kier alpha value is -2.32. The van der Waals surface area contributed by atoms with Crippen LogP contribution in [0.3, 0.4) is 0 Å². The van der Waals surface area contributed by atoms with Gasteiger partial charge in [0.25, 0.3) is 15.2 Å². The van der Waals surface area contributed by atoms with E-state index in [0.29, 0.717) is 12.4 Å². The van der Waals surface area contributed by atoms with Gasteiger partial charge in [-0.25, -0.2) is 13.6 Å². The maximum atomic E-state index is 11.6. The van der Waals surface area contributed by atoms with Crippen molar-refractivity contribution in [2.24, 2.45) is 5.14 Å². The highest BCUT2D eigenvalue weighted by molar-refractivity contribution is 7.89. The molecule has 0 saturated carbocycles. The van der Waals surface area contributed by atoms with Crippen LogP contribution < -0.4 is 5.14 Å². The number of aromatic nitrogens is 4. The Bertz CT molecular complexity index is 912. The second-order valence-corrected chi connectivity index (χ2v) is 5.93. The van der Waals surface area contributed by atoms with Gasteiger partial charge in [0.15, 0.2) is 5.82 Å². The first kappa shape index (κ1) is 13.7. The van der Waals surface area contributed by atoms with E-state index in [1.807, 2.05) is 37.3 Å². The fourth-order valence-electron chi connectivity index (χ4n) is 2.28. The molecule has 0 bridgehead atoms. The first-order valence-corrected chi connectivity index (χ1v) is 7.87. The number of rotatable bonds is 3. The molecular formula is C13H13N5O2S. The first-order chi connectivity index (χ1) is 10.0.